The van der Waals surface area contributed by atoms with Gasteiger partial charge in [0, 0.05) is 22.5 Å². The minimum Gasteiger partial charge on any atom is -0.468 e. The number of hydrogen-bond donors (Lipinski definition) is 1. The highest BCUT2D eigenvalue weighted by Gasteiger charge is 2.10. The number of thioether (sulfide) groups is 1. The second kappa shape index (κ2) is 7.67. The SMILES string of the molecule is COC(=O)CSc1cccc(Cl)c1CNC(C)C. The molecular weight excluding hydrogens is 270 g/mol. The first-order chi connectivity index (χ1) is 8.54. The molecule has 5 heteroatoms. The van der Waals surface area contributed by atoms with E-state index in [4.69, 9.17) is 11.6 Å². The maximum absolute atomic E-state index is 11.2. The van der Waals surface area contributed by atoms with Crippen LogP contribution in [0.25, 0.3) is 0 Å². The molecule has 0 spiro atoms. The van der Waals surface area contributed by atoms with E-state index < -0.39 is 0 Å². The van der Waals surface area contributed by atoms with Gasteiger partial charge in [-0.15, -0.1) is 11.8 Å². The molecule has 0 aromatic heterocycles. The van der Waals surface area contributed by atoms with E-state index in [-0.39, 0.29) is 5.97 Å². The van der Waals surface area contributed by atoms with E-state index in [0.29, 0.717) is 18.3 Å². The van der Waals surface area contributed by atoms with E-state index in [1.807, 2.05) is 18.2 Å². The highest BCUT2D eigenvalue weighted by atomic mass is 35.5. The van der Waals surface area contributed by atoms with Gasteiger partial charge in [0.25, 0.3) is 0 Å². The number of halogens is 1. The Balaban J connectivity index is 2.76. The van der Waals surface area contributed by atoms with Crippen molar-refractivity contribution >= 4 is 29.3 Å². The summed E-state index contributed by atoms with van der Waals surface area (Å²) in [6.45, 7) is 4.86. The van der Waals surface area contributed by atoms with Gasteiger partial charge in [0.05, 0.1) is 12.9 Å². The summed E-state index contributed by atoms with van der Waals surface area (Å²) in [6, 6.07) is 6.11. The van der Waals surface area contributed by atoms with Gasteiger partial charge in [0.15, 0.2) is 0 Å². The zero-order valence-electron chi connectivity index (χ0n) is 10.8. The van der Waals surface area contributed by atoms with Crippen LogP contribution in [0.15, 0.2) is 23.1 Å². The molecule has 18 heavy (non-hydrogen) atoms. The van der Waals surface area contributed by atoms with Crippen molar-refractivity contribution in [1.82, 2.24) is 5.32 Å². The number of benzene rings is 1. The third kappa shape index (κ3) is 4.88. The van der Waals surface area contributed by atoms with Crippen molar-refractivity contribution in [3.8, 4) is 0 Å². The molecule has 1 aromatic rings. The summed E-state index contributed by atoms with van der Waals surface area (Å²) < 4.78 is 4.63. The van der Waals surface area contributed by atoms with Crippen LogP contribution in [-0.4, -0.2) is 24.9 Å². The van der Waals surface area contributed by atoms with Crippen molar-refractivity contribution in [2.24, 2.45) is 0 Å². The molecule has 0 radical (unpaired) electrons. The zero-order chi connectivity index (χ0) is 13.5. The lowest BCUT2D eigenvalue weighted by atomic mass is 10.2. The van der Waals surface area contributed by atoms with Crippen LogP contribution in [0, 0.1) is 0 Å². The lowest BCUT2D eigenvalue weighted by Gasteiger charge is -2.13. The fourth-order valence-corrected chi connectivity index (χ4v) is 2.57. The lowest BCUT2D eigenvalue weighted by Crippen LogP contribution is -2.22. The molecule has 0 aliphatic heterocycles. The molecule has 0 bridgehead atoms. The number of ether oxygens (including phenoxy) is 1. The van der Waals surface area contributed by atoms with Crippen LogP contribution in [0.3, 0.4) is 0 Å². The molecule has 1 aromatic carbocycles. The van der Waals surface area contributed by atoms with Crippen LogP contribution in [0.2, 0.25) is 5.02 Å². The molecule has 0 fully saturated rings. The molecule has 3 nitrogen and oxygen atoms in total. The summed E-state index contributed by atoms with van der Waals surface area (Å²) >= 11 is 7.64. The Labute approximate surface area is 117 Å². The predicted octanol–water partition coefficient (Wildman–Crippen LogP) is 3.10. The van der Waals surface area contributed by atoms with Crippen LogP contribution in [0.1, 0.15) is 19.4 Å². The molecule has 0 saturated heterocycles. The van der Waals surface area contributed by atoms with E-state index in [1.165, 1.54) is 18.9 Å². The number of hydrogen-bond acceptors (Lipinski definition) is 4. The first kappa shape index (κ1) is 15.3. The van der Waals surface area contributed by atoms with Crippen molar-refractivity contribution in [1.29, 1.82) is 0 Å². The summed E-state index contributed by atoms with van der Waals surface area (Å²) in [7, 11) is 1.39. The summed E-state index contributed by atoms with van der Waals surface area (Å²) in [4.78, 5) is 12.2. The minimum atomic E-state index is -0.234. The van der Waals surface area contributed by atoms with Gasteiger partial charge < -0.3 is 10.1 Å². The molecule has 0 aliphatic carbocycles. The van der Waals surface area contributed by atoms with E-state index >= 15 is 0 Å². The summed E-state index contributed by atoms with van der Waals surface area (Å²) in [5, 5.41) is 4.05. The van der Waals surface area contributed by atoms with Gasteiger partial charge in [-0.25, -0.2) is 0 Å². The number of nitrogens with one attached hydrogen (secondary N) is 1. The van der Waals surface area contributed by atoms with Gasteiger partial charge in [-0.1, -0.05) is 31.5 Å². The first-order valence-electron chi connectivity index (χ1n) is 5.75. The smallest absolute Gasteiger partial charge is 0.315 e. The highest BCUT2D eigenvalue weighted by Crippen LogP contribution is 2.28. The zero-order valence-corrected chi connectivity index (χ0v) is 12.4. The van der Waals surface area contributed by atoms with Gasteiger partial charge in [-0.05, 0) is 17.7 Å². The standard InChI is InChI=1S/C13H18ClNO2S/c1-9(2)15-7-10-11(14)5-4-6-12(10)18-8-13(16)17-3/h4-6,9,15H,7-8H2,1-3H3. The lowest BCUT2D eigenvalue weighted by molar-refractivity contribution is -0.137. The molecule has 1 N–H and O–H groups in total. The van der Waals surface area contributed by atoms with Crippen LogP contribution >= 0.6 is 23.4 Å². The molecule has 0 heterocycles. The minimum absolute atomic E-state index is 0.234. The summed E-state index contributed by atoms with van der Waals surface area (Å²) in [6.07, 6.45) is 0. The Morgan fingerprint density at radius 1 is 1.50 bits per heavy atom. The molecule has 100 valence electrons. The fourth-order valence-electron chi connectivity index (χ4n) is 1.35. The third-order valence-corrected chi connectivity index (χ3v) is 3.76. The normalized spacial score (nSPS) is 10.7. The van der Waals surface area contributed by atoms with Gasteiger partial charge in [-0.3, -0.25) is 4.79 Å². The molecular formula is C13H18ClNO2S. The second-order valence-electron chi connectivity index (χ2n) is 4.12. The maximum atomic E-state index is 11.2. The monoisotopic (exact) mass is 287 g/mol. The Morgan fingerprint density at radius 2 is 2.22 bits per heavy atom. The average Bonchev–Trinajstić information content (AvgIpc) is 2.34. The fraction of sp³-hybridized carbons (Fsp3) is 0.462. The van der Waals surface area contributed by atoms with Crippen molar-refractivity contribution in [2.75, 3.05) is 12.9 Å². The number of esters is 1. The van der Waals surface area contributed by atoms with Gasteiger partial charge >= 0.3 is 5.97 Å². The van der Waals surface area contributed by atoms with Crippen LogP contribution in [0.4, 0.5) is 0 Å². The van der Waals surface area contributed by atoms with Gasteiger partial charge in [0.1, 0.15) is 0 Å². The van der Waals surface area contributed by atoms with Crippen LogP contribution in [0.5, 0.6) is 0 Å². The Morgan fingerprint density at radius 3 is 2.83 bits per heavy atom. The molecule has 0 aliphatic rings. The third-order valence-electron chi connectivity index (χ3n) is 2.34. The summed E-state index contributed by atoms with van der Waals surface area (Å²) in [5.74, 6) is 0.0636. The number of carbonyl (C=O) groups excluding carboxylic acids is 1. The van der Waals surface area contributed by atoms with Crippen LogP contribution in [-0.2, 0) is 16.1 Å². The van der Waals surface area contributed by atoms with E-state index in [0.717, 1.165) is 15.5 Å². The molecule has 0 amide bonds. The van der Waals surface area contributed by atoms with E-state index in [9.17, 15) is 4.79 Å². The second-order valence-corrected chi connectivity index (χ2v) is 5.54. The Kier molecular flexibility index (Phi) is 6.54. The largest absolute Gasteiger partial charge is 0.468 e. The van der Waals surface area contributed by atoms with Gasteiger partial charge in [0.2, 0.25) is 0 Å². The van der Waals surface area contributed by atoms with E-state index in [2.05, 4.69) is 23.9 Å². The van der Waals surface area contributed by atoms with Crippen molar-refractivity contribution in [2.45, 2.75) is 31.3 Å². The Bertz CT molecular complexity index is 410. The number of methoxy groups -OCH3 is 1. The number of rotatable bonds is 6. The predicted molar refractivity (Wildman–Crippen MR) is 76.2 cm³/mol. The topological polar surface area (TPSA) is 38.3 Å². The Hall–Kier alpha value is -0.710. The van der Waals surface area contributed by atoms with Gasteiger partial charge in [-0.2, -0.15) is 0 Å². The molecule has 1 rings (SSSR count). The number of carbonyl (C=O) groups is 1. The quantitative estimate of drug-likeness (QED) is 0.644. The first-order valence-corrected chi connectivity index (χ1v) is 7.11. The molecule has 0 saturated carbocycles. The molecule has 0 unspecified atom stereocenters. The van der Waals surface area contributed by atoms with Crippen molar-refractivity contribution in [3.63, 3.8) is 0 Å². The maximum Gasteiger partial charge on any atom is 0.315 e. The van der Waals surface area contributed by atoms with Crippen LogP contribution < -0.4 is 5.32 Å². The molecule has 0 atom stereocenters. The highest BCUT2D eigenvalue weighted by molar-refractivity contribution is 8.00. The van der Waals surface area contributed by atoms with Crippen molar-refractivity contribution < 1.29 is 9.53 Å². The van der Waals surface area contributed by atoms with E-state index in [1.54, 1.807) is 0 Å². The average molecular weight is 288 g/mol. The summed E-state index contributed by atoms with van der Waals surface area (Å²) in [5.41, 5.74) is 1.03. The van der Waals surface area contributed by atoms with Crippen molar-refractivity contribution in [3.05, 3.63) is 28.8 Å².